The van der Waals surface area contributed by atoms with Crippen molar-refractivity contribution in [1.29, 1.82) is 0 Å². The maximum atomic E-state index is 12.1. The first-order chi connectivity index (χ1) is 13.3. The van der Waals surface area contributed by atoms with E-state index in [1.54, 1.807) is 12.5 Å². The van der Waals surface area contributed by atoms with Gasteiger partial charge in [0.1, 0.15) is 12.1 Å². The molecule has 0 atom stereocenters. The van der Waals surface area contributed by atoms with Crippen LogP contribution in [-0.4, -0.2) is 25.4 Å². The van der Waals surface area contributed by atoms with Crippen LogP contribution in [0.5, 0.6) is 11.6 Å². The van der Waals surface area contributed by atoms with Crippen LogP contribution in [0, 0.1) is 0 Å². The molecule has 1 amide bonds. The van der Waals surface area contributed by atoms with Crippen molar-refractivity contribution in [2.24, 2.45) is 0 Å². The quantitative estimate of drug-likeness (QED) is 0.568. The van der Waals surface area contributed by atoms with Gasteiger partial charge in [0.15, 0.2) is 0 Å². The number of nitrogens with zero attached hydrogens (tertiary/aromatic N) is 4. The van der Waals surface area contributed by atoms with Crippen LogP contribution >= 0.6 is 0 Å². The Morgan fingerprint density at radius 3 is 2.81 bits per heavy atom. The standard InChI is InChI=1S/C20H17N5O2/c26-19(8-10-25-11-9-21-14-25)24-15-6-7-17-18(12-15)22-13-23-20(17)27-16-4-2-1-3-5-16/h1-7,9,11-14H,8,10H2,(H,24,26). The van der Waals surface area contributed by atoms with Gasteiger partial charge >= 0.3 is 0 Å². The van der Waals surface area contributed by atoms with Crippen LogP contribution < -0.4 is 10.1 Å². The molecule has 4 aromatic rings. The molecule has 2 heterocycles. The van der Waals surface area contributed by atoms with Gasteiger partial charge in [0.05, 0.1) is 17.2 Å². The average Bonchev–Trinajstić information content (AvgIpc) is 3.21. The minimum Gasteiger partial charge on any atom is -0.438 e. The van der Waals surface area contributed by atoms with E-state index in [9.17, 15) is 4.79 Å². The van der Waals surface area contributed by atoms with Gasteiger partial charge in [0.2, 0.25) is 11.8 Å². The van der Waals surface area contributed by atoms with E-state index in [0.29, 0.717) is 35.8 Å². The summed E-state index contributed by atoms with van der Waals surface area (Å²) in [7, 11) is 0. The number of hydrogen-bond donors (Lipinski definition) is 1. The zero-order chi connectivity index (χ0) is 18.5. The number of amides is 1. The molecule has 0 saturated carbocycles. The van der Waals surface area contributed by atoms with E-state index in [-0.39, 0.29) is 5.91 Å². The highest BCUT2D eigenvalue weighted by Crippen LogP contribution is 2.28. The Morgan fingerprint density at radius 1 is 1.11 bits per heavy atom. The number of carbonyl (C=O) groups is 1. The number of aryl methyl sites for hydroxylation is 1. The second-order valence-corrected chi connectivity index (χ2v) is 5.92. The summed E-state index contributed by atoms with van der Waals surface area (Å²) in [5, 5.41) is 3.67. The van der Waals surface area contributed by atoms with Crippen molar-refractivity contribution in [3.05, 3.63) is 73.6 Å². The lowest BCUT2D eigenvalue weighted by Crippen LogP contribution is -2.14. The third-order valence-electron chi connectivity index (χ3n) is 4.00. The first-order valence-electron chi connectivity index (χ1n) is 8.51. The number of rotatable bonds is 6. The minimum atomic E-state index is -0.0714. The smallest absolute Gasteiger partial charge is 0.230 e. The molecule has 0 saturated heterocycles. The third-order valence-corrected chi connectivity index (χ3v) is 4.00. The predicted octanol–water partition coefficient (Wildman–Crippen LogP) is 3.65. The molecule has 0 aliphatic rings. The lowest BCUT2D eigenvalue weighted by molar-refractivity contribution is -0.116. The van der Waals surface area contributed by atoms with Crippen LogP contribution in [0.25, 0.3) is 10.9 Å². The lowest BCUT2D eigenvalue weighted by Gasteiger charge is -2.09. The zero-order valence-electron chi connectivity index (χ0n) is 14.4. The Kier molecular flexibility index (Phi) is 4.74. The summed E-state index contributed by atoms with van der Waals surface area (Å²) in [6.45, 7) is 0.580. The topological polar surface area (TPSA) is 81.9 Å². The van der Waals surface area contributed by atoms with Gasteiger partial charge in [0, 0.05) is 31.0 Å². The summed E-state index contributed by atoms with van der Waals surface area (Å²) < 4.78 is 7.71. The number of aromatic nitrogens is 4. The molecular weight excluding hydrogens is 342 g/mol. The molecule has 4 rings (SSSR count). The first kappa shape index (κ1) is 16.7. The molecule has 0 unspecified atom stereocenters. The summed E-state index contributed by atoms with van der Waals surface area (Å²) >= 11 is 0. The van der Waals surface area contributed by atoms with E-state index in [2.05, 4.69) is 20.3 Å². The van der Waals surface area contributed by atoms with E-state index in [1.165, 1.54) is 6.33 Å². The molecule has 27 heavy (non-hydrogen) atoms. The van der Waals surface area contributed by atoms with Crippen LogP contribution in [0.3, 0.4) is 0 Å². The van der Waals surface area contributed by atoms with Crippen LogP contribution in [0.15, 0.2) is 73.6 Å². The van der Waals surface area contributed by atoms with Crippen molar-refractivity contribution in [3.8, 4) is 11.6 Å². The summed E-state index contributed by atoms with van der Waals surface area (Å²) in [6, 6.07) is 14.9. The van der Waals surface area contributed by atoms with Gasteiger partial charge in [0.25, 0.3) is 0 Å². The van der Waals surface area contributed by atoms with Gasteiger partial charge in [-0.25, -0.2) is 15.0 Å². The number of anilines is 1. The molecule has 0 radical (unpaired) electrons. The summed E-state index contributed by atoms with van der Waals surface area (Å²) in [4.78, 5) is 24.6. The number of carbonyl (C=O) groups excluding carboxylic acids is 1. The fraction of sp³-hybridized carbons (Fsp3) is 0.100. The van der Waals surface area contributed by atoms with Gasteiger partial charge in [-0.2, -0.15) is 0 Å². The molecule has 0 aliphatic heterocycles. The van der Waals surface area contributed by atoms with Crippen molar-refractivity contribution >= 4 is 22.5 Å². The fourth-order valence-corrected chi connectivity index (χ4v) is 2.66. The number of benzene rings is 2. The molecule has 0 fully saturated rings. The zero-order valence-corrected chi connectivity index (χ0v) is 14.4. The molecule has 0 spiro atoms. The summed E-state index contributed by atoms with van der Waals surface area (Å²) in [5.74, 6) is 1.11. The van der Waals surface area contributed by atoms with Crippen LogP contribution in [0.1, 0.15) is 6.42 Å². The Morgan fingerprint density at radius 2 is 2.00 bits per heavy atom. The minimum absolute atomic E-state index is 0.0714. The molecule has 2 aromatic heterocycles. The van der Waals surface area contributed by atoms with E-state index >= 15 is 0 Å². The highest BCUT2D eigenvalue weighted by atomic mass is 16.5. The highest BCUT2D eigenvalue weighted by Gasteiger charge is 2.09. The van der Waals surface area contributed by atoms with E-state index in [1.807, 2.05) is 59.3 Å². The maximum Gasteiger partial charge on any atom is 0.230 e. The summed E-state index contributed by atoms with van der Waals surface area (Å²) in [5.41, 5.74) is 1.38. The van der Waals surface area contributed by atoms with Crippen molar-refractivity contribution in [2.75, 3.05) is 5.32 Å². The highest BCUT2D eigenvalue weighted by molar-refractivity contribution is 5.94. The maximum absolute atomic E-state index is 12.1. The average molecular weight is 359 g/mol. The molecule has 0 aliphatic carbocycles. The SMILES string of the molecule is O=C(CCn1ccnc1)Nc1ccc2c(Oc3ccccc3)ncnc2c1. The number of para-hydroxylation sites is 1. The van der Waals surface area contributed by atoms with Gasteiger partial charge < -0.3 is 14.6 Å². The lowest BCUT2D eigenvalue weighted by atomic mass is 10.2. The molecule has 7 heteroatoms. The first-order valence-corrected chi connectivity index (χ1v) is 8.51. The number of imidazole rings is 1. The molecule has 7 nitrogen and oxygen atoms in total. The number of fused-ring (bicyclic) bond motifs is 1. The Hall–Kier alpha value is -3.74. The Labute approximate surface area is 155 Å². The van der Waals surface area contributed by atoms with Crippen molar-refractivity contribution in [1.82, 2.24) is 19.5 Å². The van der Waals surface area contributed by atoms with Crippen LogP contribution in [-0.2, 0) is 11.3 Å². The van der Waals surface area contributed by atoms with Gasteiger partial charge in [-0.15, -0.1) is 0 Å². The molecule has 2 aromatic carbocycles. The summed E-state index contributed by atoms with van der Waals surface area (Å²) in [6.07, 6.45) is 7.02. The molecule has 1 N–H and O–H groups in total. The third kappa shape index (κ3) is 4.09. The second kappa shape index (κ2) is 7.65. The second-order valence-electron chi connectivity index (χ2n) is 5.92. The van der Waals surface area contributed by atoms with Crippen molar-refractivity contribution < 1.29 is 9.53 Å². The van der Waals surface area contributed by atoms with Crippen molar-refractivity contribution in [2.45, 2.75) is 13.0 Å². The molecule has 0 bridgehead atoms. The molecule has 134 valence electrons. The normalized spacial score (nSPS) is 10.7. The predicted molar refractivity (Wildman–Crippen MR) is 102 cm³/mol. The van der Waals surface area contributed by atoms with Crippen LogP contribution in [0.4, 0.5) is 5.69 Å². The Bertz CT molecular complexity index is 1050. The fourth-order valence-electron chi connectivity index (χ4n) is 2.66. The van der Waals surface area contributed by atoms with Gasteiger partial charge in [-0.3, -0.25) is 4.79 Å². The monoisotopic (exact) mass is 359 g/mol. The molecular formula is C20H17N5O2. The largest absolute Gasteiger partial charge is 0.438 e. The van der Waals surface area contributed by atoms with Gasteiger partial charge in [-0.1, -0.05) is 18.2 Å². The number of hydrogen-bond acceptors (Lipinski definition) is 5. The van der Waals surface area contributed by atoms with E-state index in [4.69, 9.17) is 4.74 Å². The van der Waals surface area contributed by atoms with E-state index in [0.717, 1.165) is 5.39 Å². The number of ether oxygens (including phenoxy) is 1. The number of nitrogens with one attached hydrogen (secondary N) is 1. The van der Waals surface area contributed by atoms with E-state index < -0.39 is 0 Å². The Balaban J connectivity index is 1.48. The van der Waals surface area contributed by atoms with Gasteiger partial charge in [-0.05, 0) is 30.3 Å². The van der Waals surface area contributed by atoms with Crippen molar-refractivity contribution in [3.63, 3.8) is 0 Å². The van der Waals surface area contributed by atoms with Crippen LogP contribution in [0.2, 0.25) is 0 Å².